The van der Waals surface area contributed by atoms with E-state index in [2.05, 4.69) is 48.1 Å². The second-order valence-corrected chi connectivity index (χ2v) is 5.54. The number of benzene rings is 2. The van der Waals surface area contributed by atoms with Gasteiger partial charge in [0, 0.05) is 11.5 Å². The Morgan fingerprint density at radius 1 is 1.24 bits per heavy atom. The van der Waals surface area contributed by atoms with E-state index in [-0.39, 0.29) is 0 Å². The molecule has 2 rings (SSSR count). The molecule has 110 valence electrons. The molecule has 0 amide bonds. The topological polar surface area (TPSA) is 58.0 Å². The molecule has 0 aliphatic carbocycles. The van der Waals surface area contributed by atoms with Crippen LogP contribution in [0.2, 0.25) is 0 Å². The van der Waals surface area contributed by atoms with E-state index in [1.807, 2.05) is 12.1 Å². The highest BCUT2D eigenvalue weighted by atomic mass is 16.5. The molecule has 4 nitrogen and oxygen atoms in total. The maximum Gasteiger partial charge on any atom is 0.119 e. The Morgan fingerprint density at radius 2 is 2.10 bits per heavy atom. The molecule has 2 aromatic rings. The Hall–Kier alpha value is -2.19. The minimum atomic E-state index is 0.480. The molecule has 0 bridgehead atoms. The van der Waals surface area contributed by atoms with Crippen LogP contribution < -0.4 is 4.74 Å². The van der Waals surface area contributed by atoms with Crippen LogP contribution in [0.1, 0.15) is 25.8 Å². The van der Waals surface area contributed by atoms with Crippen LogP contribution in [0.25, 0.3) is 21.2 Å². The molecule has 4 heteroatoms. The van der Waals surface area contributed by atoms with Crippen molar-refractivity contribution >= 4 is 10.8 Å². The van der Waals surface area contributed by atoms with Gasteiger partial charge in [-0.15, -0.1) is 0 Å². The normalized spacial score (nSPS) is 10.6. The molecular formula is C17H21N3O. The van der Waals surface area contributed by atoms with E-state index >= 15 is 0 Å². The maximum atomic E-state index is 8.38. The fraction of sp³-hybridized carbons (Fsp3) is 0.412. The van der Waals surface area contributed by atoms with Crippen LogP contribution in [0.15, 0.2) is 41.5 Å². The van der Waals surface area contributed by atoms with Gasteiger partial charge in [0.25, 0.3) is 0 Å². The fourth-order valence-electron chi connectivity index (χ4n) is 2.25. The molecule has 21 heavy (non-hydrogen) atoms. The van der Waals surface area contributed by atoms with Crippen LogP contribution in [0.3, 0.4) is 0 Å². The molecule has 0 radical (unpaired) electrons. The average molecular weight is 283 g/mol. The van der Waals surface area contributed by atoms with E-state index in [1.54, 1.807) is 0 Å². The zero-order valence-electron chi connectivity index (χ0n) is 12.6. The van der Waals surface area contributed by atoms with Gasteiger partial charge in [0.1, 0.15) is 5.75 Å². The van der Waals surface area contributed by atoms with Crippen LogP contribution >= 0.6 is 0 Å². The first-order valence-corrected chi connectivity index (χ1v) is 7.36. The molecule has 0 heterocycles. The van der Waals surface area contributed by atoms with E-state index in [0.29, 0.717) is 12.5 Å². The average Bonchev–Trinajstić information content (AvgIpc) is 2.47. The highest BCUT2D eigenvalue weighted by Gasteiger charge is 2.03. The van der Waals surface area contributed by atoms with Gasteiger partial charge in [-0.2, -0.15) is 0 Å². The van der Waals surface area contributed by atoms with Gasteiger partial charge in [-0.1, -0.05) is 43.2 Å². The summed E-state index contributed by atoms with van der Waals surface area (Å²) in [5, 5.41) is 5.97. The highest BCUT2D eigenvalue weighted by molar-refractivity contribution is 5.87. The van der Waals surface area contributed by atoms with Gasteiger partial charge >= 0.3 is 0 Å². The Balaban J connectivity index is 2.18. The number of azide groups is 1. The smallest absolute Gasteiger partial charge is 0.119 e. The Kier molecular flexibility index (Phi) is 5.47. The fourth-order valence-corrected chi connectivity index (χ4v) is 2.25. The number of fused-ring (bicyclic) bond motifs is 1. The number of hydrogen-bond acceptors (Lipinski definition) is 2. The van der Waals surface area contributed by atoms with Crippen molar-refractivity contribution in [3.63, 3.8) is 0 Å². The van der Waals surface area contributed by atoms with Crippen molar-refractivity contribution in [1.82, 2.24) is 0 Å². The molecule has 0 atom stereocenters. The predicted octanol–water partition coefficient (Wildman–Crippen LogP) is 5.12. The van der Waals surface area contributed by atoms with Crippen LogP contribution in [0.5, 0.6) is 5.75 Å². The largest absolute Gasteiger partial charge is 0.494 e. The minimum Gasteiger partial charge on any atom is -0.494 e. The molecule has 0 aromatic heterocycles. The van der Waals surface area contributed by atoms with Crippen molar-refractivity contribution in [2.75, 3.05) is 13.2 Å². The Bertz CT molecular complexity index is 646. The minimum absolute atomic E-state index is 0.480. The second-order valence-electron chi connectivity index (χ2n) is 5.54. The van der Waals surface area contributed by atoms with Gasteiger partial charge < -0.3 is 4.74 Å². The van der Waals surface area contributed by atoms with Crippen molar-refractivity contribution in [3.8, 4) is 5.75 Å². The van der Waals surface area contributed by atoms with Crippen molar-refractivity contribution < 1.29 is 4.74 Å². The lowest BCUT2D eigenvalue weighted by molar-refractivity contribution is 0.290. The van der Waals surface area contributed by atoms with E-state index in [9.17, 15) is 0 Å². The Labute approximate surface area is 125 Å². The molecule has 0 saturated heterocycles. The number of ether oxygens (including phenoxy) is 1. The maximum absolute atomic E-state index is 8.38. The van der Waals surface area contributed by atoms with E-state index in [4.69, 9.17) is 10.3 Å². The number of rotatable bonds is 7. The lowest BCUT2D eigenvalue weighted by atomic mass is 10.0. The van der Waals surface area contributed by atoms with Crippen LogP contribution in [0, 0.1) is 5.92 Å². The quantitative estimate of drug-likeness (QED) is 0.395. The summed E-state index contributed by atoms with van der Waals surface area (Å²) >= 11 is 0. The second kappa shape index (κ2) is 7.55. The van der Waals surface area contributed by atoms with Gasteiger partial charge in [0.15, 0.2) is 0 Å². The van der Waals surface area contributed by atoms with Crippen molar-refractivity contribution in [3.05, 3.63) is 52.4 Å². The summed E-state index contributed by atoms with van der Waals surface area (Å²) < 4.78 is 5.82. The zero-order chi connectivity index (χ0) is 15.1. The third-order valence-electron chi connectivity index (χ3n) is 3.45. The molecule has 2 aromatic carbocycles. The molecule has 0 fully saturated rings. The monoisotopic (exact) mass is 283 g/mol. The number of nitrogens with zero attached hydrogens (tertiary/aromatic N) is 3. The highest BCUT2D eigenvalue weighted by Crippen LogP contribution is 2.25. The van der Waals surface area contributed by atoms with E-state index in [1.165, 1.54) is 16.3 Å². The summed E-state index contributed by atoms with van der Waals surface area (Å²) in [6, 6.07) is 12.4. The lowest BCUT2D eigenvalue weighted by Gasteiger charge is -2.11. The van der Waals surface area contributed by atoms with Gasteiger partial charge in [-0.25, -0.2) is 0 Å². The Morgan fingerprint density at radius 3 is 2.86 bits per heavy atom. The molecule has 0 spiro atoms. The first kappa shape index (κ1) is 15.2. The van der Waals surface area contributed by atoms with E-state index in [0.717, 1.165) is 25.2 Å². The zero-order valence-corrected chi connectivity index (χ0v) is 12.6. The van der Waals surface area contributed by atoms with Crippen LogP contribution in [-0.2, 0) is 6.42 Å². The van der Waals surface area contributed by atoms with Crippen molar-refractivity contribution in [2.45, 2.75) is 26.7 Å². The van der Waals surface area contributed by atoms with Gasteiger partial charge in [-0.05, 0) is 52.8 Å². The molecule has 0 N–H and O–H groups in total. The standard InChI is InChI=1S/C17H21N3O/c1-13(2)9-11-21-16-7-6-14-4-3-5-15(17(14)12-16)8-10-19-20-18/h3-7,12-13H,8-11H2,1-2H3. The lowest BCUT2D eigenvalue weighted by Crippen LogP contribution is -2.01. The van der Waals surface area contributed by atoms with Crippen molar-refractivity contribution in [1.29, 1.82) is 0 Å². The van der Waals surface area contributed by atoms with E-state index < -0.39 is 0 Å². The van der Waals surface area contributed by atoms with Gasteiger partial charge in [0.05, 0.1) is 6.61 Å². The first-order chi connectivity index (χ1) is 10.2. The van der Waals surface area contributed by atoms with Crippen LogP contribution in [0.4, 0.5) is 0 Å². The summed E-state index contributed by atoms with van der Waals surface area (Å²) in [5.74, 6) is 1.55. The van der Waals surface area contributed by atoms with Crippen molar-refractivity contribution in [2.24, 2.45) is 11.0 Å². The molecule has 0 saturated carbocycles. The summed E-state index contributed by atoms with van der Waals surface area (Å²) in [7, 11) is 0. The third kappa shape index (κ3) is 4.40. The summed E-state index contributed by atoms with van der Waals surface area (Å²) in [6.45, 7) is 5.60. The summed E-state index contributed by atoms with van der Waals surface area (Å²) in [4.78, 5) is 2.81. The first-order valence-electron chi connectivity index (χ1n) is 7.36. The van der Waals surface area contributed by atoms with Gasteiger partial charge in [-0.3, -0.25) is 0 Å². The predicted molar refractivity (Wildman–Crippen MR) is 86.6 cm³/mol. The molecule has 0 aliphatic rings. The van der Waals surface area contributed by atoms with Crippen LogP contribution in [-0.4, -0.2) is 13.2 Å². The SMILES string of the molecule is CC(C)CCOc1ccc2cccc(CCN=[N+]=[N-])c2c1. The number of hydrogen-bond donors (Lipinski definition) is 0. The van der Waals surface area contributed by atoms with Gasteiger partial charge in [0.2, 0.25) is 0 Å². The summed E-state index contributed by atoms with van der Waals surface area (Å²) in [5.41, 5.74) is 9.57. The molecule has 0 aliphatic heterocycles. The summed E-state index contributed by atoms with van der Waals surface area (Å²) in [6.07, 6.45) is 1.80. The molecule has 0 unspecified atom stereocenters. The third-order valence-corrected chi connectivity index (χ3v) is 3.45. The molecular weight excluding hydrogens is 262 g/mol.